The summed E-state index contributed by atoms with van der Waals surface area (Å²) < 4.78 is 5.24. The third-order valence-corrected chi connectivity index (χ3v) is 3.76. The van der Waals surface area contributed by atoms with E-state index in [-0.39, 0.29) is 5.91 Å². The summed E-state index contributed by atoms with van der Waals surface area (Å²) in [7, 11) is 1.61. The van der Waals surface area contributed by atoms with E-state index in [2.05, 4.69) is 6.07 Å². The molecule has 0 fully saturated rings. The second kappa shape index (κ2) is 5.48. The number of nitrogen functional groups attached to an aromatic ring is 1. The second-order valence-corrected chi connectivity index (χ2v) is 5.22. The Morgan fingerprint density at radius 2 is 2.00 bits per heavy atom. The molecule has 0 saturated carbocycles. The quantitative estimate of drug-likeness (QED) is 0.881. The minimum absolute atomic E-state index is 0.148. The molecule has 0 aliphatic carbocycles. The topological polar surface area (TPSA) is 55.6 Å². The predicted molar refractivity (Wildman–Crippen MR) is 83.4 cm³/mol. The van der Waals surface area contributed by atoms with Crippen LogP contribution in [0, 0.1) is 0 Å². The number of aryl methyl sites for hydroxylation is 1. The van der Waals surface area contributed by atoms with E-state index < -0.39 is 0 Å². The molecule has 0 spiro atoms. The highest BCUT2D eigenvalue weighted by atomic mass is 16.5. The fourth-order valence-electron chi connectivity index (χ4n) is 2.75. The molecule has 2 aromatic rings. The second-order valence-electron chi connectivity index (χ2n) is 5.22. The Morgan fingerprint density at radius 3 is 2.81 bits per heavy atom. The highest BCUT2D eigenvalue weighted by Gasteiger charge is 2.23. The summed E-state index contributed by atoms with van der Waals surface area (Å²) in [4.78, 5) is 14.1. The van der Waals surface area contributed by atoms with E-state index in [1.807, 2.05) is 35.2 Å². The number of nitrogens with two attached hydrogens (primary N) is 1. The van der Waals surface area contributed by atoms with Crippen molar-refractivity contribution >= 4 is 17.3 Å². The van der Waals surface area contributed by atoms with Gasteiger partial charge in [0.25, 0.3) is 0 Å². The van der Waals surface area contributed by atoms with Gasteiger partial charge in [-0.15, -0.1) is 0 Å². The number of benzene rings is 2. The molecule has 0 bridgehead atoms. The number of carbonyl (C=O) groups excluding carboxylic acids is 1. The van der Waals surface area contributed by atoms with Gasteiger partial charge in [0, 0.05) is 23.9 Å². The third kappa shape index (κ3) is 2.70. The molecule has 0 aromatic heterocycles. The number of fused-ring (bicyclic) bond motifs is 1. The van der Waals surface area contributed by atoms with Crippen LogP contribution in [0.3, 0.4) is 0 Å². The van der Waals surface area contributed by atoms with Crippen molar-refractivity contribution in [3.05, 3.63) is 53.6 Å². The zero-order valence-corrected chi connectivity index (χ0v) is 12.0. The monoisotopic (exact) mass is 282 g/mol. The average Bonchev–Trinajstić information content (AvgIpc) is 2.49. The Balaban J connectivity index is 1.94. The zero-order valence-electron chi connectivity index (χ0n) is 12.0. The summed E-state index contributed by atoms with van der Waals surface area (Å²) in [6, 6.07) is 13.6. The maximum atomic E-state index is 12.3. The molecule has 4 nitrogen and oxygen atoms in total. The molecule has 2 aromatic carbocycles. The van der Waals surface area contributed by atoms with Crippen LogP contribution in [0.15, 0.2) is 42.5 Å². The van der Waals surface area contributed by atoms with Crippen molar-refractivity contribution in [2.45, 2.75) is 19.4 Å². The average molecular weight is 282 g/mol. The molecule has 1 amide bonds. The van der Waals surface area contributed by atoms with Crippen molar-refractivity contribution in [1.29, 1.82) is 0 Å². The van der Waals surface area contributed by atoms with Crippen LogP contribution in [-0.4, -0.2) is 13.0 Å². The standard InChI is InChI=1S/C17H18N2O2/c1-21-15-9-12(8-14(18)10-15)11-19-16-5-3-2-4-13(16)6-7-17(19)20/h2-5,8-10H,6-7,11,18H2,1H3. The number of carbonyl (C=O) groups is 1. The van der Waals surface area contributed by atoms with Gasteiger partial charge in [-0.05, 0) is 35.7 Å². The molecule has 0 unspecified atom stereocenters. The SMILES string of the molecule is COc1cc(N)cc(CN2C(=O)CCc3ccccc32)c1. The van der Waals surface area contributed by atoms with E-state index in [0.29, 0.717) is 24.4 Å². The van der Waals surface area contributed by atoms with Gasteiger partial charge in [-0.3, -0.25) is 4.79 Å². The normalized spacial score (nSPS) is 14.0. The van der Waals surface area contributed by atoms with Crippen LogP contribution in [-0.2, 0) is 17.8 Å². The number of methoxy groups -OCH3 is 1. The molecular weight excluding hydrogens is 264 g/mol. The summed E-state index contributed by atoms with van der Waals surface area (Å²) in [5.41, 5.74) is 9.71. The lowest BCUT2D eigenvalue weighted by atomic mass is 10.0. The van der Waals surface area contributed by atoms with Crippen molar-refractivity contribution in [2.75, 3.05) is 17.7 Å². The zero-order chi connectivity index (χ0) is 14.8. The molecule has 1 aliphatic heterocycles. The predicted octanol–water partition coefficient (Wildman–Crippen LogP) is 2.76. The van der Waals surface area contributed by atoms with Crippen molar-refractivity contribution in [3.8, 4) is 5.75 Å². The molecule has 1 aliphatic rings. The van der Waals surface area contributed by atoms with Gasteiger partial charge >= 0.3 is 0 Å². The van der Waals surface area contributed by atoms with Crippen LogP contribution in [0.5, 0.6) is 5.75 Å². The number of nitrogens with zero attached hydrogens (tertiary/aromatic N) is 1. The molecule has 0 saturated heterocycles. The van der Waals surface area contributed by atoms with Gasteiger partial charge in [0.2, 0.25) is 5.91 Å². The minimum atomic E-state index is 0.148. The van der Waals surface area contributed by atoms with E-state index in [1.165, 1.54) is 5.56 Å². The van der Waals surface area contributed by atoms with Crippen molar-refractivity contribution < 1.29 is 9.53 Å². The molecule has 1 heterocycles. The lowest BCUT2D eigenvalue weighted by Gasteiger charge is -2.29. The Bertz CT molecular complexity index is 682. The van der Waals surface area contributed by atoms with Gasteiger partial charge < -0.3 is 15.4 Å². The van der Waals surface area contributed by atoms with Gasteiger partial charge in [-0.2, -0.15) is 0 Å². The number of ether oxygens (including phenoxy) is 1. The van der Waals surface area contributed by atoms with Crippen molar-refractivity contribution in [3.63, 3.8) is 0 Å². The minimum Gasteiger partial charge on any atom is -0.497 e. The third-order valence-electron chi connectivity index (χ3n) is 3.76. The summed E-state index contributed by atoms with van der Waals surface area (Å²) in [6.45, 7) is 0.511. The first kappa shape index (κ1) is 13.5. The molecule has 4 heteroatoms. The van der Waals surface area contributed by atoms with Crippen LogP contribution in [0.1, 0.15) is 17.5 Å². The highest BCUT2D eigenvalue weighted by Crippen LogP contribution is 2.30. The Morgan fingerprint density at radius 1 is 1.19 bits per heavy atom. The lowest BCUT2D eigenvalue weighted by molar-refractivity contribution is -0.119. The number of rotatable bonds is 3. The first-order valence-electron chi connectivity index (χ1n) is 6.99. The number of hydrogen-bond donors (Lipinski definition) is 1. The van der Waals surface area contributed by atoms with Crippen LogP contribution < -0.4 is 15.4 Å². The van der Waals surface area contributed by atoms with E-state index in [1.54, 1.807) is 13.2 Å². The number of hydrogen-bond acceptors (Lipinski definition) is 3. The van der Waals surface area contributed by atoms with Crippen LogP contribution >= 0.6 is 0 Å². The number of para-hydroxylation sites is 1. The summed E-state index contributed by atoms with van der Waals surface area (Å²) in [6.07, 6.45) is 1.36. The van der Waals surface area contributed by atoms with Crippen molar-refractivity contribution in [1.82, 2.24) is 0 Å². The first-order valence-corrected chi connectivity index (χ1v) is 6.99. The van der Waals surface area contributed by atoms with E-state index in [9.17, 15) is 4.79 Å². The molecule has 0 atom stereocenters. The van der Waals surface area contributed by atoms with Gasteiger partial charge in [-0.25, -0.2) is 0 Å². The lowest BCUT2D eigenvalue weighted by Crippen LogP contribution is -2.34. The van der Waals surface area contributed by atoms with E-state index in [0.717, 1.165) is 17.7 Å². The van der Waals surface area contributed by atoms with Gasteiger partial charge in [0.05, 0.1) is 13.7 Å². The fourth-order valence-corrected chi connectivity index (χ4v) is 2.75. The maximum absolute atomic E-state index is 12.3. The smallest absolute Gasteiger partial charge is 0.227 e. The van der Waals surface area contributed by atoms with E-state index >= 15 is 0 Å². The van der Waals surface area contributed by atoms with Crippen LogP contribution in [0.2, 0.25) is 0 Å². The van der Waals surface area contributed by atoms with Gasteiger partial charge in [-0.1, -0.05) is 18.2 Å². The summed E-state index contributed by atoms with van der Waals surface area (Å²) in [5.74, 6) is 0.859. The Labute approximate surface area is 124 Å². The van der Waals surface area contributed by atoms with Gasteiger partial charge in [0.1, 0.15) is 5.75 Å². The first-order chi connectivity index (χ1) is 10.2. The van der Waals surface area contributed by atoms with E-state index in [4.69, 9.17) is 10.5 Å². The summed E-state index contributed by atoms with van der Waals surface area (Å²) >= 11 is 0. The molecule has 0 radical (unpaired) electrons. The molecule has 3 rings (SSSR count). The largest absolute Gasteiger partial charge is 0.497 e. The maximum Gasteiger partial charge on any atom is 0.227 e. The molecular formula is C17H18N2O2. The summed E-state index contributed by atoms with van der Waals surface area (Å²) in [5, 5.41) is 0. The number of anilines is 2. The molecule has 2 N–H and O–H groups in total. The van der Waals surface area contributed by atoms with Crippen molar-refractivity contribution in [2.24, 2.45) is 0 Å². The Hall–Kier alpha value is -2.49. The van der Waals surface area contributed by atoms with Crippen LogP contribution in [0.25, 0.3) is 0 Å². The molecule has 108 valence electrons. The number of amides is 1. The van der Waals surface area contributed by atoms with Gasteiger partial charge in [0.15, 0.2) is 0 Å². The molecule has 21 heavy (non-hydrogen) atoms. The fraction of sp³-hybridized carbons (Fsp3) is 0.235. The van der Waals surface area contributed by atoms with Crippen LogP contribution in [0.4, 0.5) is 11.4 Å². The highest BCUT2D eigenvalue weighted by molar-refractivity contribution is 5.96. The Kier molecular flexibility index (Phi) is 3.52.